The molecule has 2 fully saturated rings. The Bertz CT molecular complexity index is 795. The van der Waals surface area contributed by atoms with Crippen LogP contribution in [0.5, 0.6) is 0 Å². The van der Waals surface area contributed by atoms with Crippen LogP contribution < -0.4 is 5.69 Å². The van der Waals surface area contributed by atoms with Crippen molar-refractivity contribution in [3.8, 4) is 0 Å². The van der Waals surface area contributed by atoms with E-state index in [1.165, 1.54) is 10.8 Å². The van der Waals surface area contributed by atoms with Crippen molar-refractivity contribution in [3.05, 3.63) is 58.3 Å². The molecule has 4 rings (SSSR count). The number of ether oxygens (including phenoxy) is 2. The third-order valence-corrected chi connectivity index (χ3v) is 4.90. The van der Waals surface area contributed by atoms with E-state index in [9.17, 15) is 9.59 Å². The zero-order valence-electron chi connectivity index (χ0n) is 13.9. The monoisotopic (exact) mass is 343 g/mol. The molecular formula is C18H21N3O4. The van der Waals surface area contributed by atoms with Gasteiger partial charge in [-0.25, -0.2) is 4.79 Å². The Hall–Kier alpha value is -2.38. The highest BCUT2D eigenvalue weighted by atomic mass is 16.7. The van der Waals surface area contributed by atoms with Gasteiger partial charge in [0.25, 0.3) is 5.91 Å². The van der Waals surface area contributed by atoms with Gasteiger partial charge in [-0.3, -0.25) is 9.36 Å². The van der Waals surface area contributed by atoms with Crippen molar-refractivity contribution < 1.29 is 14.3 Å². The highest BCUT2D eigenvalue weighted by Gasteiger charge is 2.41. The molecule has 1 aromatic carbocycles. The summed E-state index contributed by atoms with van der Waals surface area (Å²) in [5.74, 6) is -0.652. The summed E-state index contributed by atoms with van der Waals surface area (Å²) in [7, 11) is 0. The zero-order chi connectivity index (χ0) is 17.3. The molecule has 7 nitrogen and oxygen atoms in total. The van der Waals surface area contributed by atoms with E-state index in [-0.39, 0.29) is 11.6 Å². The molecule has 2 aromatic rings. The van der Waals surface area contributed by atoms with Gasteiger partial charge in [0.05, 0.1) is 19.8 Å². The molecule has 0 saturated carbocycles. The Labute approximate surface area is 145 Å². The van der Waals surface area contributed by atoms with Gasteiger partial charge < -0.3 is 19.4 Å². The fraction of sp³-hybridized carbons (Fsp3) is 0.444. The summed E-state index contributed by atoms with van der Waals surface area (Å²) in [5, 5.41) is 0. The maximum Gasteiger partial charge on any atom is 0.326 e. The molecule has 3 heterocycles. The van der Waals surface area contributed by atoms with Crippen LogP contribution in [-0.4, -0.2) is 52.4 Å². The van der Waals surface area contributed by atoms with Crippen LogP contribution in [-0.2, 0) is 16.0 Å². The Morgan fingerprint density at radius 3 is 2.48 bits per heavy atom. The SMILES string of the molecule is O=C(c1c[nH]c(=O)n1Cc1ccccc1)N1CCC2(CC1)OCCO2. The summed E-state index contributed by atoms with van der Waals surface area (Å²) in [4.78, 5) is 29.4. The van der Waals surface area contributed by atoms with Gasteiger partial charge in [0.1, 0.15) is 5.69 Å². The number of H-pyrrole nitrogens is 1. The van der Waals surface area contributed by atoms with Crippen LogP contribution in [0.4, 0.5) is 0 Å². The lowest BCUT2D eigenvalue weighted by Crippen LogP contribution is -2.47. The summed E-state index contributed by atoms with van der Waals surface area (Å²) >= 11 is 0. The second-order valence-corrected chi connectivity index (χ2v) is 6.45. The number of benzene rings is 1. The van der Waals surface area contributed by atoms with Crippen molar-refractivity contribution in [3.63, 3.8) is 0 Å². The topological polar surface area (TPSA) is 76.6 Å². The first kappa shape index (κ1) is 16.1. The summed E-state index contributed by atoms with van der Waals surface area (Å²) in [6.45, 7) is 2.71. The average molecular weight is 343 g/mol. The first-order valence-electron chi connectivity index (χ1n) is 8.56. The molecule has 0 bridgehead atoms. The van der Waals surface area contributed by atoms with Crippen molar-refractivity contribution in [1.82, 2.24) is 14.5 Å². The van der Waals surface area contributed by atoms with Crippen molar-refractivity contribution in [2.75, 3.05) is 26.3 Å². The lowest BCUT2D eigenvalue weighted by atomic mass is 10.0. The number of likely N-dealkylation sites (tertiary alicyclic amines) is 1. The second-order valence-electron chi connectivity index (χ2n) is 6.45. The van der Waals surface area contributed by atoms with Gasteiger partial charge in [-0.15, -0.1) is 0 Å². The highest BCUT2D eigenvalue weighted by Crippen LogP contribution is 2.31. The van der Waals surface area contributed by atoms with Gasteiger partial charge in [0.15, 0.2) is 5.79 Å². The first-order chi connectivity index (χ1) is 12.2. The minimum absolute atomic E-state index is 0.137. The van der Waals surface area contributed by atoms with Crippen LogP contribution in [0.1, 0.15) is 28.9 Å². The molecule has 1 aromatic heterocycles. The summed E-state index contributed by atoms with van der Waals surface area (Å²) in [6, 6.07) is 9.63. The molecule has 0 aliphatic carbocycles. The van der Waals surface area contributed by atoms with Crippen LogP contribution in [0.15, 0.2) is 41.3 Å². The number of carbonyl (C=O) groups is 1. The van der Waals surface area contributed by atoms with Gasteiger partial charge in [-0.05, 0) is 5.56 Å². The van der Waals surface area contributed by atoms with E-state index >= 15 is 0 Å². The third-order valence-electron chi connectivity index (χ3n) is 4.90. The Morgan fingerprint density at radius 2 is 1.80 bits per heavy atom. The second kappa shape index (κ2) is 6.50. The number of carbonyl (C=O) groups excluding carboxylic acids is 1. The van der Waals surface area contributed by atoms with E-state index < -0.39 is 5.79 Å². The fourth-order valence-electron chi connectivity index (χ4n) is 3.49. The fourth-order valence-corrected chi connectivity index (χ4v) is 3.49. The largest absolute Gasteiger partial charge is 0.347 e. The standard InChI is InChI=1S/C18H21N3O4/c22-16(20-8-6-18(7-9-20)24-10-11-25-18)15-12-19-17(23)21(15)13-14-4-2-1-3-5-14/h1-5,12H,6-11,13H2,(H,19,23). The van der Waals surface area contributed by atoms with E-state index in [0.717, 1.165) is 5.56 Å². The summed E-state index contributed by atoms with van der Waals surface area (Å²) in [5.41, 5.74) is 1.09. The number of rotatable bonds is 3. The van der Waals surface area contributed by atoms with Crippen LogP contribution in [0.3, 0.4) is 0 Å². The van der Waals surface area contributed by atoms with Crippen molar-refractivity contribution in [1.29, 1.82) is 0 Å². The maximum absolute atomic E-state index is 12.9. The van der Waals surface area contributed by atoms with Gasteiger partial charge in [0.2, 0.25) is 0 Å². The molecule has 0 radical (unpaired) electrons. The minimum atomic E-state index is -0.515. The Morgan fingerprint density at radius 1 is 1.12 bits per heavy atom. The van der Waals surface area contributed by atoms with Crippen LogP contribution in [0.2, 0.25) is 0 Å². The van der Waals surface area contributed by atoms with Crippen LogP contribution in [0.25, 0.3) is 0 Å². The predicted molar refractivity (Wildman–Crippen MR) is 90.4 cm³/mol. The van der Waals surface area contributed by atoms with E-state index in [1.54, 1.807) is 4.90 Å². The number of amides is 1. The summed E-state index contributed by atoms with van der Waals surface area (Å²) in [6.07, 6.45) is 2.82. The quantitative estimate of drug-likeness (QED) is 0.909. The third kappa shape index (κ3) is 3.12. The number of hydrogen-bond acceptors (Lipinski definition) is 4. The smallest absolute Gasteiger partial charge is 0.326 e. The zero-order valence-corrected chi connectivity index (χ0v) is 13.9. The number of aromatic amines is 1. The van der Waals surface area contributed by atoms with Crippen LogP contribution in [0, 0.1) is 0 Å². The molecule has 0 unspecified atom stereocenters. The van der Waals surface area contributed by atoms with Crippen molar-refractivity contribution in [2.24, 2.45) is 0 Å². The number of imidazole rings is 1. The number of piperidine rings is 1. The number of hydrogen-bond donors (Lipinski definition) is 1. The lowest BCUT2D eigenvalue weighted by molar-refractivity contribution is -0.181. The van der Waals surface area contributed by atoms with E-state index in [2.05, 4.69) is 4.98 Å². The molecule has 25 heavy (non-hydrogen) atoms. The molecule has 2 aliphatic rings. The molecule has 7 heteroatoms. The lowest BCUT2D eigenvalue weighted by Gasteiger charge is -2.37. The van der Waals surface area contributed by atoms with Gasteiger partial charge in [0, 0.05) is 32.1 Å². The molecule has 2 saturated heterocycles. The van der Waals surface area contributed by atoms with Gasteiger partial charge in [-0.1, -0.05) is 30.3 Å². The molecule has 1 spiro atoms. The van der Waals surface area contributed by atoms with Crippen molar-refractivity contribution in [2.45, 2.75) is 25.2 Å². The molecule has 2 aliphatic heterocycles. The predicted octanol–water partition coefficient (Wildman–Crippen LogP) is 1.20. The normalized spacial score (nSPS) is 19.4. The van der Waals surface area contributed by atoms with Crippen LogP contribution >= 0.6 is 0 Å². The Kier molecular flexibility index (Phi) is 4.19. The van der Waals surface area contributed by atoms with E-state index in [4.69, 9.17) is 9.47 Å². The molecule has 132 valence electrons. The molecule has 0 atom stereocenters. The Balaban J connectivity index is 1.50. The van der Waals surface area contributed by atoms with E-state index in [1.807, 2.05) is 30.3 Å². The van der Waals surface area contributed by atoms with Gasteiger partial charge in [-0.2, -0.15) is 0 Å². The highest BCUT2D eigenvalue weighted by molar-refractivity contribution is 5.92. The minimum Gasteiger partial charge on any atom is -0.347 e. The number of aromatic nitrogens is 2. The summed E-state index contributed by atoms with van der Waals surface area (Å²) < 4.78 is 12.9. The molecular weight excluding hydrogens is 322 g/mol. The average Bonchev–Trinajstić information content (AvgIpc) is 3.24. The first-order valence-corrected chi connectivity index (χ1v) is 8.56. The van der Waals surface area contributed by atoms with Crippen molar-refractivity contribution >= 4 is 5.91 Å². The molecule has 1 N–H and O–H groups in total. The number of nitrogens with one attached hydrogen (secondary N) is 1. The number of nitrogens with zero attached hydrogens (tertiary/aromatic N) is 2. The maximum atomic E-state index is 12.9. The van der Waals surface area contributed by atoms with E-state index in [0.29, 0.717) is 51.4 Å². The van der Waals surface area contributed by atoms with Gasteiger partial charge >= 0.3 is 5.69 Å². The molecule has 1 amide bonds.